The molecule has 1 aromatic heterocycles. The van der Waals surface area contributed by atoms with Gasteiger partial charge in [-0.1, -0.05) is 182 Å². The average Bonchev–Trinajstić information content (AvgIpc) is 3.62. The zero-order valence-electron chi connectivity index (χ0n) is 28.9. The molecule has 0 saturated carbocycles. The number of rotatable bonds is 5. The summed E-state index contributed by atoms with van der Waals surface area (Å²) in [6.45, 7) is 0. The Balaban J connectivity index is 1.03. The number of fused-ring (bicyclic) bond motifs is 2. The summed E-state index contributed by atoms with van der Waals surface area (Å²) in [7, 11) is 0. The van der Waals surface area contributed by atoms with Gasteiger partial charge in [-0.15, -0.1) is 0 Å². The Morgan fingerprint density at radius 3 is 1.60 bits per heavy atom. The van der Waals surface area contributed by atoms with Crippen molar-refractivity contribution in [2.75, 3.05) is 0 Å². The average molecular weight is 673 g/mol. The standard InChI is InChI=1S/C52H32O/c1-3-11-36(12-4-1)51-47-32-40(26-31-48(47)53-52(51)39-13-5-2-6-14-39)33-18-20-35(21-19-33)42-27-22-37-25-30-46-44(28-23-38-24-29-45(42)49(37)50(38)46)43-17-9-15-34-10-7-8-16-41(34)43/h1-32H. The van der Waals surface area contributed by atoms with E-state index in [0.717, 1.165) is 39.0 Å². The van der Waals surface area contributed by atoms with Crippen molar-refractivity contribution in [2.24, 2.45) is 0 Å². The molecule has 0 unspecified atom stereocenters. The lowest BCUT2D eigenvalue weighted by Gasteiger charge is -2.17. The topological polar surface area (TPSA) is 13.1 Å². The Hall–Kier alpha value is -6.96. The molecule has 0 bridgehead atoms. The Bertz CT molecular complexity index is 3130. The first-order valence-corrected chi connectivity index (χ1v) is 18.3. The maximum Gasteiger partial charge on any atom is 0.143 e. The molecule has 1 heteroatoms. The van der Waals surface area contributed by atoms with Crippen molar-refractivity contribution in [1.29, 1.82) is 0 Å². The van der Waals surface area contributed by atoms with Gasteiger partial charge in [0.05, 0.1) is 0 Å². The van der Waals surface area contributed by atoms with E-state index < -0.39 is 0 Å². The molecule has 0 aliphatic carbocycles. The third-order valence-electron chi connectivity index (χ3n) is 11.1. The van der Waals surface area contributed by atoms with Crippen molar-refractivity contribution in [1.82, 2.24) is 0 Å². The first kappa shape index (κ1) is 29.7. The lowest BCUT2D eigenvalue weighted by Crippen LogP contribution is -1.90. The molecule has 246 valence electrons. The Labute approximate surface area is 307 Å². The van der Waals surface area contributed by atoms with Gasteiger partial charge in [-0.2, -0.15) is 0 Å². The number of benzene rings is 10. The van der Waals surface area contributed by atoms with E-state index in [0.29, 0.717) is 0 Å². The maximum atomic E-state index is 6.55. The van der Waals surface area contributed by atoms with Gasteiger partial charge in [0.2, 0.25) is 0 Å². The fourth-order valence-electron chi connectivity index (χ4n) is 8.55. The summed E-state index contributed by atoms with van der Waals surface area (Å²) in [6, 6.07) is 70.3. The minimum absolute atomic E-state index is 0.889. The van der Waals surface area contributed by atoms with Crippen LogP contribution in [0.1, 0.15) is 0 Å². The summed E-state index contributed by atoms with van der Waals surface area (Å²) in [5.74, 6) is 0.901. The molecule has 53 heavy (non-hydrogen) atoms. The molecule has 0 saturated heterocycles. The fraction of sp³-hybridized carbons (Fsp3) is 0. The molecule has 0 aliphatic heterocycles. The van der Waals surface area contributed by atoms with Crippen LogP contribution in [0.25, 0.3) is 110 Å². The summed E-state index contributed by atoms with van der Waals surface area (Å²) in [4.78, 5) is 0. The van der Waals surface area contributed by atoms with Crippen LogP contribution in [-0.4, -0.2) is 0 Å². The van der Waals surface area contributed by atoms with E-state index in [1.807, 2.05) is 6.07 Å². The predicted octanol–water partition coefficient (Wildman–Crippen LogP) is 14.8. The number of furan rings is 1. The third kappa shape index (κ3) is 4.71. The highest BCUT2D eigenvalue weighted by molar-refractivity contribution is 6.28. The molecule has 0 aliphatic rings. The molecule has 1 nitrogen and oxygen atoms in total. The van der Waals surface area contributed by atoms with Crippen LogP contribution in [-0.2, 0) is 0 Å². The molecule has 0 spiro atoms. The van der Waals surface area contributed by atoms with E-state index in [4.69, 9.17) is 4.42 Å². The van der Waals surface area contributed by atoms with E-state index in [1.165, 1.54) is 70.9 Å². The highest BCUT2D eigenvalue weighted by atomic mass is 16.3. The number of hydrogen-bond donors (Lipinski definition) is 0. The van der Waals surface area contributed by atoms with E-state index in [2.05, 4.69) is 188 Å². The predicted molar refractivity (Wildman–Crippen MR) is 225 cm³/mol. The van der Waals surface area contributed by atoms with Crippen molar-refractivity contribution >= 4 is 54.1 Å². The van der Waals surface area contributed by atoms with E-state index in [9.17, 15) is 0 Å². The summed E-state index contributed by atoms with van der Waals surface area (Å²) >= 11 is 0. The summed E-state index contributed by atoms with van der Waals surface area (Å²) in [5, 5.41) is 11.4. The first-order valence-electron chi connectivity index (χ1n) is 18.3. The third-order valence-corrected chi connectivity index (χ3v) is 11.1. The minimum atomic E-state index is 0.889. The van der Waals surface area contributed by atoms with Crippen LogP contribution < -0.4 is 0 Å². The Morgan fingerprint density at radius 2 is 0.849 bits per heavy atom. The van der Waals surface area contributed by atoms with Crippen LogP contribution in [0.5, 0.6) is 0 Å². The van der Waals surface area contributed by atoms with Crippen LogP contribution in [0.15, 0.2) is 199 Å². The summed E-state index contributed by atoms with van der Waals surface area (Å²) < 4.78 is 6.55. The SMILES string of the molecule is c1ccc(-c2oc3ccc(-c4ccc(-c5ccc6ccc7c(-c8cccc9ccccc89)ccc8ccc5c6c87)cc4)cc3c2-c2ccccc2)cc1. The molecular formula is C52H32O. The first-order chi connectivity index (χ1) is 26.3. The highest BCUT2D eigenvalue weighted by Gasteiger charge is 2.19. The van der Waals surface area contributed by atoms with Crippen LogP contribution >= 0.6 is 0 Å². The molecule has 0 N–H and O–H groups in total. The quantitative estimate of drug-likeness (QED) is 0.166. The Kier molecular flexibility index (Phi) is 6.62. The largest absolute Gasteiger partial charge is 0.455 e. The monoisotopic (exact) mass is 672 g/mol. The second-order valence-corrected chi connectivity index (χ2v) is 14.0. The molecule has 0 radical (unpaired) electrons. The molecule has 10 aromatic carbocycles. The molecular weight excluding hydrogens is 641 g/mol. The van der Waals surface area contributed by atoms with Gasteiger partial charge in [0, 0.05) is 16.5 Å². The molecule has 0 atom stereocenters. The van der Waals surface area contributed by atoms with Gasteiger partial charge in [0.1, 0.15) is 11.3 Å². The lowest BCUT2D eigenvalue weighted by atomic mass is 9.86. The highest BCUT2D eigenvalue weighted by Crippen LogP contribution is 2.45. The van der Waals surface area contributed by atoms with Crippen LogP contribution in [0.3, 0.4) is 0 Å². The molecule has 0 amide bonds. The van der Waals surface area contributed by atoms with Crippen LogP contribution in [0, 0.1) is 0 Å². The van der Waals surface area contributed by atoms with Gasteiger partial charge in [0.25, 0.3) is 0 Å². The van der Waals surface area contributed by atoms with E-state index >= 15 is 0 Å². The zero-order chi connectivity index (χ0) is 34.9. The maximum absolute atomic E-state index is 6.55. The second-order valence-electron chi connectivity index (χ2n) is 14.0. The zero-order valence-corrected chi connectivity index (χ0v) is 28.9. The van der Waals surface area contributed by atoms with Crippen molar-refractivity contribution in [2.45, 2.75) is 0 Å². The van der Waals surface area contributed by atoms with Crippen molar-refractivity contribution < 1.29 is 4.42 Å². The van der Waals surface area contributed by atoms with Gasteiger partial charge in [-0.05, 0) is 94.2 Å². The molecule has 11 aromatic rings. The minimum Gasteiger partial charge on any atom is -0.455 e. The van der Waals surface area contributed by atoms with Gasteiger partial charge >= 0.3 is 0 Å². The molecule has 11 rings (SSSR count). The van der Waals surface area contributed by atoms with Crippen molar-refractivity contribution in [3.05, 3.63) is 194 Å². The van der Waals surface area contributed by atoms with Gasteiger partial charge in [-0.3, -0.25) is 0 Å². The Morgan fingerprint density at radius 1 is 0.283 bits per heavy atom. The fourth-order valence-corrected chi connectivity index (χ4v) is 8.55. The van der Waals surface area contributed by atoms with Crippen molar-refractivity contribution in [3.63, 3.8) is 0 Å². The normalized spacial score (nSPS) is 11.8. The van der Waals surface area contributed by atoms with Crippen LogP contribution in [0.4, 0.5) is 0 Å². The second kappa shape index (κ2) is 11.8. The lowest BCUT2D eigenvalue weighted by molar-refractivity contribution is 0.632. The van der Waals surface area contributed by atoms with Gasteiger partial charge < -0.3 is 4.42 Å². The van der Waals surface area contributed by atoms with Gasteiger partial charge in [-0.25, -0.2) is 0 Å². The summed E-state index contributed by atoms with van der Waals surface area (Å²) in [5.41, 5.74) is 11.6. The number of hydrogen-bond acceptors (Lipinski definition) is 1. The van der Waals surface area contributed by atoms with E-state index in [-0.39, 0.29) is 0 Å². The molecule has 0 fully saturated rings. The van der Waals surface area contributed by atoms with Gasteiger partial charge in [0.15, 0.2) is 0 Å². The smallest absolute Gasteiger partial charge is 0.143 e. The van der Waals surface area contributed by atoms with E-state index in [1.54, 1.807) is 0 Å². The van der Waals surface area contributed by atoms with Crippen molar-refractivity contribution in [3.8, 4) is 55.8 Å². The summed E-state index contributed by atoms with van der Waals surface area (Å²) in [6.07, 6.45) is 0. The molecule has 1 heterocycles. The van der Waals surface area contributed by atoms with Crippen LogP contribution in [0.2, 0.25) is 0 Å².